The van der Waals surface area contributed by atoms with Crippen molar-refractivity contribution in [1.82, 2.24) is 0 Å². The molecule has 0 atom stereocenters. The summed E-state index contributed by atoms with van der Waals surface area (Å²) in [5.41, 5.74) is 8.20. The van der Waals surface area contributed by atoms with Gasteiger partial charge in [-0.05, 0) is 28.8 Å². The quantitative estimate of drug-likeness (QED) is 0.492. The molecule has 2 aromatic rings. The molecule has 5 heteroatoms. The van der Waals surface area contributed by atoms with Gasteiger partial charge in [-0.2, -0.15) is 0 Å². The minimum absolute atomic E-state index is 0.0112. The lowest BCUT2D eigenvalue weighted by atomic mass is 10.0. The Labute approximate surface area is 104 Å². The Bertz CT molecular complexity index is 579. The predicted molar refractivity (Wildman–Crippen MR) is 68.9 cm³/mol. The van der Waals surface area contributed by atoms with Crippen LogP contribution in [0.4, 0.5) is 11.4 Å². The molecule has 92 valence electrons. The van der Waals surface area contributed by atoms with Crippen molar-refractivity contribution in [1.29, 1.82) is 0 Å². The highest BCUT2D eigenvalue weighted by molar-refractivity contribution is 5.72. The smallest absolute Gasteiger partial charge is 0.292 e. The maximum absolute atomic E-state index is 10.7. The van der Waals surface area contributed by atoms with Crippen LogP contribution in [0.15, 0.2) is 42.5 Å². The van der Waals surface area contributed by atoms with Gasteiger partial charge in [0.2, 0.25) is 0 Å². The molecule has 0 aliphatic heterocycles. The summed E-state index contributed by atoms with van der Waals surface area (Å²) in [5.74, 6) is 0. The summed E-state index contributed by atoms with van der Waals surface area (Å²) in [6, 6.07) is 11.9. The number of nitrogen functional groups attached to an aromatic ring is 1. The van der Waals surface area contributed by atoms with E-state index in [2.05, 4.69) is 0 Å². The van der Waals surface area contributed by atoms with Gasteiger partial charge in [-0.3, -0.25) is 10.1 Å². The normalized spacial score (nSPS) is 10.3. The summed E-state index contributed by atoms with van der Waals surface area (Å²) in [6.45, 7) is -0.0112. The zero-order valence-corrected chi connectivity index (χ0v) is 9.54. The summed E-state index contributed by atoms with van der Waals surface area (Å²) >= 11 is 0. The molecule has 0 fully saturated rings. The standard InChI is InChI=1S/C13H12N2O3/c14-12-7-11(5-6-13(12)15(17)18)10-3-1-9(8-16)2-4-10/h1-7,16H,8,14H2. The SMILES string of the molecule is Nc1cc(-c2ccc(CO)cc2)ccc1[N+](=O)[O-]. The molecular formula is C13H12N2O3. The molecule has 0 spiro atoms. The van der Waals surface area contributed by atoms with E-state index in [1.54, 1.807) is 24.3 Å². The van der Waals surface area contributed by atoms with Crippen molar-refractivity contribution >= 4 is 11.4 Å². The molecule has 0 heterocycles. The fourth-order valence-electron chi connectivity index (χ4n) is 1.70. The third-order valence-corrected chi connectivity index (χ3v) is 2.69. The summed E-state index contributed by atoms with van der Waals surface area (Å²) < 4.78 is 0. The van der Waals surface area contributed by atoms with Crippen LogP contribution in [0.1, 0.15) is 5.56 Å². The lowest BCUT2D eigenvalue weighted by Gasteiger charge is -2.04. The van der Waals surface area contributed by atoms with E-state index in [-0.39, 0.29) is 18.0 Å². The third kappa shape index (κ3) is 2.31. The average molecular weight is 244 g/mol. The van der Waals surface area contributed by atoms with Crippen molar-refractivity contribution in [3.63, 3.8) is 0 Å². The van der Waals surface area contributed by atoms with Gasteiger partial charge in [-0.25, -0.2) is 0 Å². The molecule has 2 aromatic carbocycles. The largest absolute Gasteiger partial charge is 0.393 e. The zero-order valence-electron chi connectivity index (χ0n) is 9.54. The molecule has 5 nitrogen and oxygen atoms in total. The van der Waals surface area contributed by atoms with Crippen LogP contribution in [0, 0.1) is 10.1 Å². The molecule has 3 N–H and O–H groups in total. The Kier molecular flexibility index (Phi) is 3.25. The van der Waals surface area contributed by atoms with Gasteiger partial charge in [0.05, 0.1) is 11.5 Å². The van der Waals surface area contributed by atoms with E-state index in [1.807, 2.05) is 12.1 Å². The minimum atomic E-state index is -0.506. The van der Waals surface area contributed by atoms with Crippen LogP contribution in [-0.4, -0.2) is 10.0 Å². The second-order valence-electron chi connectivity index (χ2n) is 3.89. The van der Waals surface area contributed by atoms with E-state index in [0.717, 1.165) is 16.7 Å². The highest BCUT2D eigenvalue weighted by Gasteiger charge is 2.11. The van der Waals surface area contributed by atoms with Crippen LogP contribution in [0.5, 0.6) is 0 Å². The van der Waals surface area contributed by atoms with Gasteiger partial charge >= 0.3 is 0 Å². The Balaban J connectivity index is 2.39. The van der Waals surface area contributed by atoms with Crippen molar-refractivity contribution in [2.45, 2.75) is 6.61 Å². The highest BCUT2D eigenvalue weighted by atomic mass is 16.6. The third-order valence-electron chi connectivity index (χ3n) is 2.69. The number of nitro benzene ring substituents is 1. The van der Waals surface area contributed by atoms with Crippen molar-refractivity contribution in [2.75, 3.05) is 5.73 Å². The molecule has 0 aromatic heterocycles. The van der Waals surface area contributed by atoms with Crippen molar-refractivity contribution < 1.29 is 10.0 Å². The number of aliphatic hydroxyl groups is 1. The minimum Gasteiger partial charge on any atom is -0.393 e. The first-order valence-electron chi connectivity index (χ1n) is 5.36. The Hall–Kier alpha value is -2.40. The molecule has 0 radical (unpaired) electrons. The maximum Gasteiger partial charge on any atom is 0.292 e. The fourth-order valence-corrected chi connectivity index (χ4v) is 1.70. The van der Waals surface area contributed by atoms with Crippen LogP contribution in [0.3, 0.4) is 0 Å². The number of nitrogens with two attached hydrogens (primary N) is 1. The molecule has 0 amide bonds. The number of hydrogen-bond acceptors (Lipinski definition) is 4. The number of nitrogens with zero attached hydrogens (tertiary/aromatic N) is 1. The fraction of sp³-hybridized carbons (Fsp3) is 0.0769. The van der Waals surface area contributed by atoms with E-state index < -0.39 is 4.92 Å². The first kappa shape index (κ1) is 12.1. The van der Waals surface area contributed by atoms with Gasteiger partial charge in [-0.1, -0.05) is 24.3 Å². The number of benzene rings is 2. The number of aliphatic hydroxyl groups excluding tert-OH is 1. The Morgan fingerprint density at radius 1 is 1.11 bits per heavy atom. The van der Waals surface area contributed by atoms with Gasteiger partial charge in [0.1, 0.15) is 5.69 Å². The average Bonchev–Trinajstić information content (AvgIpc) is 2.38. The molecule has 0 saturated heterocycles. The van der Waals surface area contributed by atoms with Gasteiger partial charge in [-0.15, -0.1) is 0 Å². The highest BCUT2D eigenvalue weighted by Crippen LogP contribution is 2.28. The first-order chi connectivity index (χ1) is 8.61. The predicted octanol–water partition coefficient (Wildman–Crippen LogP) is 2.34. The summed E-state index contributed by atoms with van der Waals surface area (Å²) in [4.78, 5) is 10.1. The van der Waals surface area contributed by atoms with E-state index in [4.69, 9.17) is 10.8 Å². The summed E-state index contributed by atoms with van der Waals surface area (Å²) in [7, 11) is 0. The second-order valence-corrected chi connectivity index (χ2v) is 3.89. The van der Waals surface area contributed by atoms with Gasteiger partial charge in [0, 0.05) is 6.07 Å². The molecule has 0 bridgehead atoms. The van der Waals surface area contributed by atoms with Crippen LogP contribution in [0.2, 0.25) is 0 Å². The lowest BCUT2D eigenvalue weighted by molar-refractivity contribution is -0.383. The van der Waals surface area contributed by atoms with E-state index in [9.17, 15) is 10.1 Å². The van der Waals surface area contributed by atoms with E-state index >= 15 is 0 Å². The second kappa shape index (κ2) is 4.85. The van der Waals surface area contributed by atoms with Crippen LogP contribution in [-0.2, 0) is 6.61 Å². The van der Waals surface area contributed by atoms with Gasteiger partial charge in [0.25, 0.3) is 5.69 Å². The van der Waals surface area contributed by atoms with Crippen LogP contribution >= 0.6 is 0 Å². The molecular weight excluding hydrogens is 232 g/mol. The van der Waals surface area contributed by atoms with Crippen molar-refractivity contribution in [2.24, 2.45) is 0 Å². The monoisotopic (exact) mass is 244 g/mol. The summed E-state index contributed by atoms with van der Waals surface area (Å²) in [5, 5.41) is 19.6. The van der Waals surface area contributed by atoms with Crippen LogP contribution in [0.25, 0.3) is 11.1 Å². The molecule has 0 aliphatic carbocycles. The number of anilines is 1. The molecule has 2 rings (SSSR count). The zero-order chi connectivity index (χ0) is 13.1. The van der Waals surface area contributed by atoms with Crippen molar-refractivity contribution in [3.8, 4) is 11.1 Å². The first-order valence-corrected chi connectivity index (χ1v) is 5.36. The topological polar surface area (TPSA) is 89.4 Å². The molecule has 0 unspecified atom stereocenters. The molecule has 0 aliphatic rings. The van der Waals surface area contributed by atoms with Gasteiger partial charge in [0.15, 0.2) is 0 Å². The van der Waals surface area contributed by atoms with E-state index in [0.29, 0.717) is 0 Å². The molecule has 18 heavy (non-hydrogen) atoms. The Morgan fingerprint density at radius 2 is 1.72 bits per heavy atom. The van der Waals surface area contributed by atoms with Crippen LogP contribution < -0.4 is 5.73 Å². The van der Waals surface area contributed by atoms with Gasteiger partial charge < -0.3 is 10.8 Å². The Morgan fingerprint density at radius 3 is 2.22 bits per heavy atom. The number of hydrogen-bond donors (Lipinski definition) is 2. The maximum atomic E-state index is 10.7. The van der Waals surface area contributed by atoms with E-state index in [1.165, 1.54) is 6.07 Å². The summed E-state index contributed by atoms with van der Waals surface area (Å²) in [6.07, 6.45) is 0. The number of rotatable bonds is 3. The van der Waals surface area contributed by atoms with Crippen molar-refractivity contribution in [3.05, 3.63) is 58.1 Å². The molecule has 0 saturated carbocycles. The lowest BCUT2D eigenvalue weighted by Crippen LogP contribution is -1.95. The number of nitro groups is 1.